The molecule has 3 aromatic heterocycles. The molecule has 1 aliphatic rings. The summed E-state index contributed by atoms with van der Waals surface area (Å²) < 4.78 is 1.43. The van der Waals surface area contributed by atoms with Crippen LogP contribution in [-0.2, 0) is 24.2 Å². The van der Waals surface area contributed by atoms with Crippen molar-refractivity contribution in [3.8, 4) is 0 Å². The first-order valence-electron chi connectivity index (χ1n) is 8.46. The second kappa shape index (κ2) is 6.72. The molecule has 1 amide bonds. The van der Waals surface area contributed by atoms with Gasteiger partial charge in [0.2, 0.25) is 5.91 Å². The van der Waals surface area contributed by atoms with Gasteiger partial charge in [0.1, 0.15) is 11.4 Å². The number of thiophene rings is 2. The van der Waals surface area contributed by atoms with Crippen molar-refractivity contribution >= 4 is 38.8 Å². The number of nitrogens with one attached hydrogen (secondary N) is 1. The van der Waals surface area contributed by atoms with E-state index >= 15 is 0 Å². The van der Waals surface area contributed by atoms with E-state index in [1.54, 1.807) is 22.7 Å². The number of hydrogen-bond donors (Lipinski definition) is 1. The Kier molecular flexibility index (Phi) is 4.43. The summed E-state index contributed by atoms with van der Waals surface area (Å²) in [6.07, 6.45) is 5.78. The minimum atomic E-state index is -0.173. The smallest absolute Gasteiger partial charge is 0.262 e. The van der Waals surface area contributed by atoms with Gasteiger partial charge in [0.05, 0.1) is 17.8 Å². The van der Waals surface area contributed by atoms with Gasteiger partial charge in [-0.2, -0.15) is 0 Å². The van der Waals surface area contributed by atoms with Crippen molar-refractivity contribution in [3.05, 3.63) is 49.5 Å². The van der Waals surface area contributed by atoms with Crippen LogP contribution in [0.5, 0.6) is 0 Å². The van der Waals surface area contributed by atoms with Crippen molar-refractivity contribution in [2.45, 2.75) is 45.2 Å². The van der Waals surface area contributed by atoms with Crippen LogP contribution in [0.3, 0.4) is 0 Å². The number of carbonyl (C=O) groups excluding carboxylic acids is 1. The summed E-state index contributed by atoms with van der Waals surface area (Å²) in [5.74, 6) is -0.173. The average Bonchev–Trinajstić information content (AvgIpc) is 3.24. The molecule has 0 saturated carbocycles. The lowest BCUT2D eigenvalue weighted by molar-refractivity contribution is -0.122. The third-order valence-electron chi connectivity index (χ3n) is 4.60. The minimum absolute atomic E-state index is 0.00209. The maximum Gasteiger partial charge on any atom is 0.262 e. The largest absolute Gasteiger partial charge is 0.347 e. The van der Waals surface area contributed by atoms with Gasteiger partial charge in [-0.3, -0.25) is 14.2 Å². The van der Waals surface area contributed by atoms with Crippen LogP contribution in [0.2, 0.25) is 0 Å². The summed E-state index contributed by atoms with van der Waals surface area (Å²) in [6, 6.07) is 3.89. The molecule has 1 atom stereocenters. The van der Waals surface area contributed by atoms with E-state index in [1.807, 2.05) is 24.4 Å². The Bertz CT molecular complexity index is 972. The van der Waals surface area contributed by atoms with E-state index in [4.69, 9.17) is 0 Å². The van der Waals surface area contributed by atoms with Gasteiger partial charge in [0.25, 0.3) is 5.56 Å². The fourth-order valence-corrected chi connectivity index (χ4v) is 5.30. The predicted molar refractivity (Wildman–Crippen MR) is 101 cm³/mol. The highest BCUT2D eigenvalue weighted by Gasteiger charge is 2.20. The zero-order chi connectivity index (χ0) is 17.4. The fraction of sp³-hybridized carbons (Fsp3) is 0.389. The van der Waals surface area contributed by atoms with Crippen LogP contribution in [-0.4, -0.2) is 15.5 Å². The van der Waals surface area contributed by atoms with E-state index in [9.17, 15) is 9.59 Å². The van der Waals surface area contributed by atoms with E-state index < -0.39 is 0 Å². The zero-order valence-corrected chi connectivity index (χ0v) is 15.6. The number of aromatic nitrogens is 2. The van der Waals surface area contributed by atoms with Crippen molar-refractivity contribution in [2.24, 2.45) is 0 Å². The van der Waals surface area contributed by atoms with Gasteiger partial charge >= 0.3 is 0 Å². The molecule has 25 heavy (non-hydrogen) atoms. The van der Waals surface area contributed by atoms with Crippen LogP contribution in [0, 0.1) is 0 Å². The summed E-state index contributed by atoms with van der Waals surface area (Å²) in [7, 11) is 0. The number of carbonyl (C=O) groups is 1. The molecule has 0 spiro atoms. The van der Waals surface area contributed by atoms with Gasteiger partial charge in [-0.25, -0.2) is 4.98 Å². The molecule has 3 heterocycles. The fourth-order valence-electron chi connectivity index (χ4n) is 3.34. The summed E-state index contributed by atoms with van der Waals surface area (Å²) in [5, 5.41) is 5.66. The molecule has 0 bridgehead atoms. The Morgan fingerprint density at radius 2 is 2.24 bits per heavy atom. The normalized spacial score (nSPS) is 15.1. The number of hydrogen-bond acceptors (Lipinski definition) is 5. The predicted octanol–water partition coefficient (Wildman–Crippen LogP) is 3.28. The zero-order valence-electron chi connectivity index (χ0n) is 13.9. The topological polar surface area (TPSA) is 64.0 Å². The summed E-state index contributed by atoms with van der Waals surface area (Å²) >= 11 is 3.23. The van der Waals surface area contributed by atoms with Crippen molar-refractivity contribution in [1.82, 2.24) is 14.9 Å². The van der Waals surface area contributed by atoms with E-state index in [0.29, 0.717) is 0 Å². The van der Waals surface area contributed by atoms with Gasteiger partial charge in [0, 0.05) is 9.75 Å². The van der Waals surface area contributed by atoms with E-state index in [2.05, 4.69) is 10.3 Å². The average molecular weight is 374 g/mol. The number of fused-ring (bicyclic) bond motifs is 3. The third kappa shape index (κ3) is 3.14. The van der Waals surface area contributed by atoms with Crippen molar-refractivity contribution in [1.29, 1.82) is 0 Å². The molecule has 7 heteroatoms. The number of aryl methyl sites for hydroxylation is 2. The van der Waals surface area contributed by atoms with E-state index in [0.717, 1.165) is 39.9 Å². The van der Waals surface area contributed by atoms with Crippen LogP contribution < -0.4 is 10.9 Å². The first-order valence-corrected chi connectivity index (χ1v) is 10.2. The highest BCUT2D eigenvalue weighted by Crippen LogP contribution is 2.33. The first kappa shape index (κ1) is 16.5. The van der Waals surface area contributed by atoms with Crippen LogP contribution in [0.1, 0.15) is 41.1 Å². The quantitative estimate of drug-likeness (QED) is 0.763. The lowest BCUT2D eigenvalue weighted by Gasteiger charge is -2.13. The molecule has 0 aliphatic heterocycles. The molecule has 0 radical (unpaired) electrons. The van der Waals surface area contributed by atoms with E-state index in [1.165, 1.54) is 22.2 Å². The minimum Gasteiger partial charge on any atom is -0.347 e. The Morgan fingerprint density at radius 3 is 3.04 bits per heavy atom. The van der Waals surface area contributed by atoms with Crippen LogP contribution >= 0.6 is 22.7 Å². The van der Waals surface area contributed by atoms with Crippen molar-refractivity contribution in [2.75, 3.05) is 0 Å². The molecule has 0 fully saturated rings. The standard InChI is InChI=1S/C18H19N3O2S2/c1-11(13-7-4-8-24-13)20-15(22)9-21-10-19-17-16(18(21)23)12-5-2-3-6-14(12)25-17/h4,7-8,10-11H,2-3,5-6,9H2,1H3,(H,20,22)/t11-/m0/s1. The Morgan fingerprint density at radius 1 is 1.40 bits per heavy atom. The SMILES string of the molecule is C[C@H](NC(=O)Cn1cnc2sc3c(c2c1=O)CCCC3)c1cccs1. The molecule has 130 valence electrons. The van der Waals surface area contributed by atoms with Crippen LogP contribution in [0.25, 0.3) is 10.2 Å². The molecule has 1 aliphatic carbocycles. The van der Waals surface area contributed by atoms with Gasteiger partial charge in [-0.15, -0.1) is 22.7 Å². The lowest BCUT2D eigenvalue weighted by atomic mass is 9.97. The molecule has 3 aromatic rings. The van der Waals surface area contributed by atoms with Crippen LogP contribution in [0.15, 0.2) is 28.6 Å². The second-order valence-electron chi connectivity index (χ2n) is 6.37. The maximum absolute atomic E-state index is 12.9. The molecule has 1 N–H and O–H groups in total. The Hall–Kier alpha value is -1.99. The highest BCUT2D eigenvalue weighted by molar-refractivity contribution is 7.18. The monoisotopic (exact) mass is 373 g/mol. The molecule has 0 saturated heterocycles. The van der Waals surface area contributed by atoms with E-state index in [-0.39, 0.29) is 24.1 Å². The number of nitrogens with zero attached hydrogens (tertiary/aromatic N) is 2. The molecule has 5 nitrogen and oxygen atoms in total. The maximum atomic E-state index is 12.9. The third-order valence-corrected chi connectivity index (χ3v) is 6.86. The number of rotatable bonds is 4. The second-order valence-corrected chi connectivity index (χ2v) is 8.44. The molecule has 0 aromatic carbocycles. The highest BCUT2D eigenvalue weighted by atomic mass is 32.1. The van der Waals surface area contributed by atoms with Gasteiger partial charge in [-0.1, -0.05) is 6.07 Å². The summed E-state index contributed by atoms with van der Waals surface area (Å²) in [5.41, 5.74) is 1.06. The lowest BCUT2D eigenvalue weighted by Crippen LogP contribution is -2.33. The molecular formula is C18H19N3O2S2. The van der Waals surface area contributed by atoms with Gasteiger partial charge < -0.3 is 5.32 Å². The molecule has 0 unspecified atom stereocenters. The van der Waals surface area contributed by atoms with Gasteiger partial charge in [0.15, 0.2) is 0 Å². The molecule has 4 rings (SSSR count). The summed E-state index contributed by atoms with van der Waals surface area (Å²) in [6.45, 7) is 1.95. The van der Waals surface area contributed by atoms with Crippen molar-refractivity contribution < 1.29 is 4.79 Å². The van der Waals surface area contributed by atoms with Crippen LogP contribution in [0.4, 0.5) is 0 Å². The number of amides is 1. The Labute approximate surface area is 153 Å². The van der Waals surface area contributed by atoms with Crippen molar-refractivity contribution in [3.63, 3.8) is 0 Å². The first-order chi connectivity index (χ1) is 12.1. The Balaban J connectivity index is 1.58. The molecular weight excluding hydrogens is 354 g/mol. The van der Waals surface area contributed by atoms with Gasteiger partial charge in [-0.05, 0) is 49.6 Å². The summed E-state index contributed by atoms with van der Waals surface area (Å²) in [4.78, 5) is 32.8.